The van der Waals surface area contributed by atoms with E-state index in [1.54, 1.807) is 11.0 Å². The van der Waals surface area contributed by atoms with Crippen molar-refractivity contribution in [2.24, 2.45) is 0 Å². The van der Waals surface area contributed by atoms with Crippen molar-refractivity contribution >= 4 is 5.91 Å². The lowest BCUT2D eigenvalue weighted by atomic mass is 10.00. The number of β-amino-alcohol motifs (C(OH)–C–C–N with tert-alkyl or cyclic N) is 1. The molecule has 34 heavy (non-hydrogen) atoms. The minimum atomic E-state index is -0.610. The minimum absolute atomic E-state index is 0.0977. The van der Waals surface area contributed by atoms with Crippen molar-refractivity contribution in [2.75, 3.05) is 52.9 Å². The topological polar surface area (TPSA) is 65.5 Å². The van der Waals surface area contributed by atoms with Crippen LogP contribution in [0.2, 0.25) is 0 Å². The molecule has 0 spiro atoms. The molecule has 1 saturated heterocycles. The van der Waals surface area contributed by atoms with E-state index < -0.39 is 6.10 Å². The van der Waals surface area contributed by atoms with Gasteiger partial charge in [0.15, 0.2) is 0 Å². The average molecular weight is 466 g/mol. The zero-order chi connectivity index (χ0) is 23.5. The number of carbonyl (C=O) groups excluding carboxylic acids is 1. The number of likely N-dealkylation sites (N-methyl/N-ethyl adjacent to an activating group) is 1. The Hall–Kier alpha value is -2.61. The van der Waals surface area contributed by atoms with E-state index >= 15 is 0 Å². The first kappa shape index (κ1) is 23.1. The van der Waals surface area contributed by atoms with Gasteiger partial charge >= 0.3 is 0 Å². The highest BCUT2D eigenvalue weighted by Gasteiger charge is 2.28. The number of hydrogen-bond acceptors (Lipinski definition) is 6. The molecule has 3 aliphatic rings. The number of amides is 1. The van der Waals surface area contributed by atoms with Gasteiger partial charge in [-0.3, -0.25) is 9.69 Å². The molecule has 1 amide bonds. The maximum atomic E-state index is 13.2. The van der Waals surface area contributed by atoms with Gasteiger partial charge in [0, 0.05) is 38.8 Å². The maximum Gasteiger partial charge on any atom is 0.257 e. The molecule has 1 N–H and O–H groups in total. The molecule has 5 rings (SSSR count). The molecule has 3 aliphatic heterocycles. The Labute approximate surface area is 201 Å². The molecule has 7 heteroatoms. The van der Waals surface area contributed by atoms with Crippen LogP contribution in [0, 0.1) is 0 Å². The van der Waals surface area contributed by atoms with E-state index in [-0.39, 0.29) is 12.0 Å². The van der Waals surface area contributed by atoms with Gasteiger partial charge in [0.25, 0.3) is 5.91 Å². The van der Waals surface area contributed by atoms with Gasteiger partial charge in [-0.1, -0.05) is 24.3 Å². The fourth-order valence-corrected chi connectivity index (χ4v) is 5.31. The highest BCUT2D eigenvalue weighted by Crippen LogP contribution is 2.29. The Morgan fingerprint density at radius 2 is 1.97 bits per heavy atom. The Morgan fingerprint density at radius 3 is 2.82 bits per heavy atom. The van der Waals surface area contributed by atoms with Crippen LogP contribution in [0.4, 0.5) is 0 Å². The molecule has 0 aliphatic carbocycles. The van der Waals surface area contributed by atoms with E-state index in [2.05, 4.69) is 41.1 Å². The predicted molar refractivity (Wildman–Crippen MR) is 130 cm³/mol. The summed E-state index contributed by atoms with van der Waals surface area (Å²) in [6.07, 6.45) is 2.71. The fourth-order valence-electron chi connectivity index (χ4n) is 5.31. The van der Waals surface area contributed by atoms with Crippen LogP contribution in [-0.2, 0) is 13.0 Å². The number of ether oxygens (including phenoxy) is 2. The lowest BCUT2D eigenvalue weighted by Crippen LogP contribution is -2.44. The Balaban J connectivity index is 1.19. The lowest BCUT2D eigenvalue weighted by molar-refractivity contribution is 0.0501. The number of hydrogen-bond donors (Lipinski definition) is 1. The zero-order valence-electron chi connectivity index (χ0n) is 20.0. The molecule has 0 bridgehead atoms. The van der Waals surface area contributed by atoms with Crippen molar-refractivity contribution in [1.82, 2.24) is 14.7 Å². The molecule has 2 atom stereocenters. The van der Waals surface area contributed by atoms with Crippen molar-refractivity contribution < 1.29 is 19.4 Å². The van der Waals surface area contributed by atoms with Crippen molar-refractivity contribution in [3.63, 3.8) is 0 Å². The predicted octanol–water partition coefficient (Wildman–Crippen LogP) is 2.41. The van der Waals surface area contributed by atoms with E-state index in [0.717, 1.165) is 51.2 Å². The monoisotopic (exact) mass is 465 g/mol. The Morgan fingerprint density at radius 1 is 1.12 bits per heavy atom. The summed E-state index contributed by atoms with van der Waals surface area (Å²) in [6.45, 7) is 5.48. The summed E-state index contributed by atoms with van der Waals surface area (Å²) in [5.41, 5.74) is 3.25. The van der Waals surface area contributed by atoms with E-state index in [1.807, 2.05) is 12.1 Å². The summed E-state index contributed by atoms with van der Waals surface area (Å²) in [4.78, 5) is 19.5. The van der Waals surface area contributed by atoms with E-state index in [0.29, 0.717) is 37.6 Å². The van der Waals surface area contributed by atoms with Gasteiger partial charge in [-0.05, 0) is 56.1 Å². The minimum Gasteiger partial charge on any atom is -0.491 e. The largest absolute Gasteiger partial charge is 0.491 e. The molecule has 2 aromatic rings. The van der Waals surface area contributed by atoms with Gasteiger partial charge in [-0.15, -0.1) is 0 Å². The third-order valence-electron chi connectivity index (χ3n) is 7.08. The normalized spacial score (nSPS) is 22.4. The summed E-state index contributed by atoms with van der Waals surface area (Å²) < 4.78 is 12.1. The summed E-state index contributed by atoms with van der Waals surface area (Å²) in [7, 11) is 2.11. The molecule has 2 aromatic carbocycles. The standard InChI is InChI=1S/C27H35N3O4/c1-28-11-4-7-24(19-28)34-23-8-9-25-26(15-23)33-14-13-30(27(25)32)18-22(31)17-29-12-10-20-5-2-3-6-21(20)16-29/h2-3,5-6,8-9,15,22,24,31H,4,7,10-14,16-19H2,1H3/t22-,24-/m1/s1. The van der Waals surface area contributed by atoms with Crippen LogP contribution in [0.1, 0.15) is 34.3 Å². The van der Waals surface area contributed by atoms with Crippen LogP contribution in [0.3, 0.4) is 0 Å². The molecular formula is C27H35N3O4. The van der Waals surface area contributed by atoms with Crippen LogP contribution < -0.4 is 9.47 Å². The van der Waals surface area contributed by atoms with Crippen LogP contribution in [-0.4, -0.2) is 90.8 Å². The summed E-state index contributed by atoms with van der Waals surface area (Å²) in [6, 6.07) is 14.0. The van der Waals surface area contributed by atoms with Gasteiger partial charge in [-0.25, -0.2) is 0 Å². The number of rotatable bonds is 6. The second kappa shape index (κ2) is 10.3. The first-order valence-corrected chi connectivity index (χ1v) is 12.4. The smallest absolute Gasteiger partial charge is 0.257 e. The number of aliphatic hydroxyl groups excluding tert-OH is 1. The summed E-state index contributed by atoms with van der Waals surface area (Å²) in [5, 5.41) is 10.8. The highest BCUT2D eigenvalue weighted by atomic mass is 16.5. The Kier molecular flexibility index (Phi) is 7.04. The number of fused-ring (bicyclic) bond motifs is 2. The second-order valence-electron chi connectivity index (χ2n) is 9.81. The zero-order valence-corrected chi connectivity index (χ0v) is 20.0. The van der Waals surface area contributed by atoms with Crippen LogP contribution in [0.15, 0.2) is 42.5 Å². The van der Waals surface area contributed by atoms with Crippen molar-refractivity contribution in [3.8, 4) is 11.5 Å². The SMILES string of the molecule is CN1CCC[C@@H](Oc2ccc3c(c2)OCCN(C[C@H](O)CN2CCc4ccccc4C2)C3=O)C1. The number of aliphatic hydroxyl groups is 1. The van der Waals surface area contributed by atoms with Crippen molar-refractivity contribution in [2.45, 2.75) is 38.0 Å². The van der Waals surface area contributed by atoms with Crippen molar-refractivity contribution in [1.29, 1.82) is 0 Å². The number of nitrogens with zero attached hydrogens (tertiary/aromatic N) is 3. The first-order valence-electron chi connectivity index (χ1n) is 12.4. The third kappa shape index (κ3) is 5.37. The molecule has 0 saturated carbocycles. The van der Waals surface area contributed by atoms with Crippen LogP contribution in [0.25, 0.3) is 0 Å². The molecule has 0 unspecified atom stereocenters. The molecular weight excluding hydrogens is 430 g/mol. The highest BCUT2D eigenvalue weighted by molar-refractivity contribution is 5.97. The number of carbonyl (C=O) groups is 1. The fraction of sp³-hybridized carbons (Fsp3) is 0.519. The van der Waals surface area contributed by atoms with Gasteiger partial charge < -0.3 is 24.4 Å². The third-order valence-corrected chi connectivity index (χ3v) is 7.08. The molecule has 182 valence electrons. The number of piperidine rings is 1. The van der Waals surface area contributed by atoms with E-state index in [9.17, 15) is 9.90 Å². The molecule has 3 heterocycles. The number of benzene rings is 2. The van der Waals surface area contributed by atoms with Gasteiger partial charge in [-0.2, -0.15) is 0 Å². The molecule has 0 radical (unpaired) electrons. The van der Waals surface area contributed by atoms with Gasteiger partial charge in [0.1, 0.15) is 24.2 Å². The van der Waals surface area contributed by atoms with E-state index in [4.69, 9.17) is 9.47 Å². The van der Waals surface area contributed by atoms with E-state index in [1.165, 1.54) is 11.1 Å². The van der Waals surface area contributed by atoms with Crippen LogP contribution >= 0.6 is 0 Å². The van der Waals surface area contributed by atoms with Gasteiger partial charge in [0.2, 0.25) is 0 Å². The van der Waals surface area contributed by atoms with Crippen molar-refractivity contribution in [3.05, 3.63) is 59.2 Å². The maximum absolute atomic E-state index is 13.2. The first-order chi connectivity index (χ1) is 16.5. The number of likely N-dealkylation sites (tertiary alicyclic amines) is 1. The van der Waals surface area contributed by atoms with Crippen LogP contribution in [0.5, 0.6) is 11.5 Å². The van der Waals surface area contributed by atoms with Gasteiger partial charge in [0.05, 0.1) is 18.2 Å². The lowest BCUT2D eigenvalue weighted by Gasteiger charge is -2.32. The quantitative estimate of drug-likeness (QED) is 0.707. The summed E-state index contributed by atoms with van der Waals surface area (Å²) in [5.74, 6) is 1.21. The molecule has 1 fully saturated rings. The molecule has 7 nitrogen and oxygen atoms in total. The second-order valence-corrected chi connectivity index (χ2v) is 9.81. The average Bonchev–Trinajstić information content (AvgIpc) is 2.97. The molecule has 0 aromatic heterocycles. The summed E-state index contributed by atoms with van der Waals surface area (Å²) >= 11 is 0. The Bertz CT molecular complexity index is 1010.